The summed E-state index contributed by atoms with van der Waals surface area (Å²) < 4.78 is 0. The lowest BCUT2D eigenvalue weighted by molar-refractivity contribution is -0.127. The Bertz CT molecular complexity index is 770. The maximum absolute atomic E-state index is 12.4. The van der Waals surface area contributed by atoms with E-state index in [-0.39, 0.29) is 17.6 Å². The minimum Gasteiger partial charge on any atom is -0.336 e. The molecule has 2 unspecified atom stereocenters. The molecule has 2 atom stereocenters. The maximum Gasteiger partial charge on any atom is 0.325 e. The second kappa shape index (κ2) is 9.09. The Morgan fingerprint density at radius 1 is 1.25 bits per heavy atom. The van der Waals surface area contributed by atoms with Gasteiger partial charge in [0.25, 0.3) is 5.91 Å². The SMILES string of the molecule is CCCCCN1C(SCC(=O)Nc2ccccc2)=NC2C1C(=O)NC(=O)N2C. The normalized spacial score (nSPS) is 21.3. The Balaban J connectivity index is 1.68. The van der Waals surface area contributed by atoms with Gasteiger partial charge in [-0.05, 0) is 18.6 Å². The average Bonchev–Trinajstić information content (AvgIpc) is 3.05. The number of nitrogens with one attached hydrogen (secondary N) is 2. The number of benzene rings is 1. The first-order valence-electron chi connectivity index (χ1n) is 9.41. The van der Waals surface area contributed by atoms with Crippen LogP contribution < -0.4 is 10.6 Å². The smallest absolute Gasteiger partial charge is 0.325 e. The number of para-hydroxylation sites is 1. The highest BCUT2D eigenvalue weighted by atomic mass is 32.2. The zero-order chi connectivity index (χ0) is 20.1. The van der Waals surface area contributed by atoms with E-state index in [1.54, 1.807) is 7.05 Å². The molecule has 0 bridgehead atoms. The van der Waals surface area contributed by atoms with Gasteiger partial charge in [-0.3, -0.25) is 14.9 Å². The molecule has 1 fully saturated rings. The van der Waals surface area contributed by atoms with Gasteiger partial charge >= 0.3 is 6.03 Å². The van der Waals surface area contributed by atoms with Crippen molar-refractivity contribution >= 4 is 40.5 Å². The van der Waals surface area contributed by atoms with E-state index < -0.39 is 18.2 Å². The van der Waals surface area contributed by atoms with Crippen LogP contribution in [-0.2, 0) is 9.59 Å². The van der Waals surface area contributed by atoms with E-state index in [4.69, 9.17) is 0 Å². The standard InChI is InChI=1S/C19H25N5O3S/c1-3-4-8-11-24-15-16(23(2)18(27)22-17(15)26)21-19(24)28-12-14(25)20-13-9-6-5-7-10-13/h5-7,9-10,15-16H,3-4,8,11-12H2,1-2H3,(H,20,25)(H,22,26,27). The molecule has 2 heterocycles. The Morgan fingerprint density at radius 2 is 2.00 bits per heavy atom. The molecule has 0 aliphatic carbocycles. The Kier molecular flexibility index (Phi) is 6.56. The topological polar surface area (TPSA) is 94.1 Å². The van der Waals surface area contributed by atoms with Crippen LogP contribution in [0.3, 0.4) is 0 Å². The lowest BCUT2D eigenvalue weighted by atomic mass is 10.1. The van der Waals surface area contributed by atoms with E-state index in [2.05, 4.69) is 22.5 Å². The van der Waals surface area contributed by atoms with Gasteiger partial charge in [0.2, 0.25) is 5.91 Å². The van der Waals surface area contributed by atoms with E-state index >= 15 is 0 Å². The van der Waals surface area contributed by atoms with E-state index in [0.717, 1.165) is 24.9 Å². The predicted molar refractivity (Wildman–Crippen MR) is 110 cm³/mol. The molecular formula is C19H25N5O3S. The van der Waals surface area contributed by atoms with Gasteiger partial charge in [-0.25, -0.2) is 9.79 Å². The van der Waals surface area contributed by atoms with E-state index in [1.807, 2.05) is 35.2 Å². The molecule has 28 heavy (non-hydrogen) atoms. The van der Waals surface area contributed by atoms with Crippen LogP contribution >= 0.6 is 11.8 Å². The van der Waals surface area contributed by atoms with Crippen LogP contribution in [-0.4, -0.2) is 64.4 Å². The fourth-order valence-corrected chi connectivity index (χ4v) is 4.12. The highest BCUT2D eigenvalue weighted by Crippen LogP contribution is 2.29. The van der Waals surface area contributed by atoms with E-state index in [9.17, 15) is 14.4 Å². The first kappa shape index (κ1) is 20.2. The number of carbonyl (C=O) groups is 3. The molecule has 2 N–H and O–H groups in total. The molecule has 2 aliphatic heterocycles. The van der Waals surface area contributed by atoms with Crippen molar-refractivity contribution in [2.75, 3.05) is 24.7 Å². The van der Waals surface area contributed by atoms with Crippen LogP contribution in [0, 0.1) is 0 Å². The zero-order valence-corrected chi connectivity index (χ0v) is 16.9. The lowest BCUT2D eigenvalue weighted by Gasteiger charge is -2.36. The van der Waals surface area contributed by atoms with Crippen LogP contribution in [0.25, 0.3) is 0 Å². The number of anilines is 1. The van der Waals surface area contributed by atoms with Crippen molar-refractivity contribution < 1.29 is 14.4 Å². The van der Waals surface area contributed by atoms with Crippen LogP contribution in [0.15, 0.2) is 35.3 Å². The molecule has 3 rings (SSSR count). The molecule has 4 amide bonds. The summed E-state index contributed by atoms with van der Waals surface area (Å²) in [7, 11) is 1.63. The number of nitrogens with zero attached hydrogens (tertiary/aromatic N) is 3. The van der Waals surface area contributed by atoms with Crippen LogP contribution in [0.5, 0.6) is 0 Å². The van der Waals surface area contributed by atoms with Crippen molar-refractivity contribution in [3.63, 3.8) is 0 Å². The Labute approximate surface area is 168 Å². The number of fused-ring (bicyclic) bond motifs is 1. The molecule has 1 aromatic rings. The van der Waals surface area contributed by atoms with Crippen molar-refractivity contribution in [2.24, 2.45) is 4.99 Å². The monoisotopic (exact) mass is 403 g/mol. The Hall–Kier alpha value is -2.55. The van der Waals surface area contributed by atoms with Crippen molar-refractivity contribution in [1.29, 1.82) is 0 Å². The minimum atomic E-state index is -0.553. The van der Waals surface area contributed by atoms with Gasteiger partial charge < -0.3 is 15.1 Å². The number of amidine groups is 1. The quantitative estimate of drug-likeness (QED) is 0.680. The number of hydrogen-bond acceptors (Lipinski definition) is 6. The highest BCUT2D eigenvalue weighted by Gasteiger charge is 2.48. The van der Waals surface area contributed by atoms with Gasteiger partial charge in [0, 0.05) is 19.3 Å². The van der Waals surface area contributed by atoms with Crippen LogP contribution in [0.1, 0.15) is 26.2 Å². The molecule has 150 valence electrons. The summed E-state index contributed by atoms with van der Waals surface area (Å²) in [5.74, 6) is -0.301. The fraction of sp³-hybridized carbons (Fsp3) is 0.474. The average molecular weight is 404 g/mol. The molecular weight excluding hydrogens is 378 g/mol. The van der Waals surface area contributed by atoms with Gasteiger partial charge in [-0.2, -0.15) is 0 Å². The molecule has 0 radical (unpaired) electrons. The van der Waals surface area contributed by atoms with Crippen molar-refractivity contribution in [1.82, 2.24) is 15.1 Å². The molecule has 9 heteroatoms. The van der Waals surface area contributed by atoms with Crippen molar-refractivity contribution in [2.45, 2.75) is 38.4 Å². The van der Waals surface area contributed by atoms with E-state index in [0.29, 0.717) is 11.7 Å². The third kappa shape index (κ3) is 4.46. The minimum absolute atomic E-state index is 0.142. The number of urea groups is 1. The van der Waals surface area contributed by atoms with Gasteiger partial charge in [0.15, 0.2) is 17.4 Å². The number of imide groups is 1. The Morgan fingerprint density at radius 3 is 2.71 bits per heavy atom. The number of hydrogen-bond donors (Lipinski definition) is 2. The predicted octanol–water partition coefficient (Wildman–Crippen LogP) is 2.10. The van der Waals surface area contributed by atoms with Gasteiger partial charge in [0.05, 0.1) is 5.75 Å². The molecule has 2 aliphatic rings. The summed E-state index contributed by atoms with van der Waals surface area (Å²) in [6.45, 7) is 2.78. The summed E-state index contributed by atoms with van der Waals surface area (Å²) in [5.41, 5.74) is 0.736. The molecule has 1 aromatic carbocycles. The number of carbonyl (C=O) groups excluding carboxylic acids is 3. The third-order valence-corrected chi connectivity index (χ3v) is 5.72. The first-order valence-corrected chi connectivity index (χ1v) is 10.4. The molecule has 1 saturated heterocycles. The number of aliphatic imine (C=N–C) groups is 1. The van der Waals surface area contributed by atoms with E-state index in [1.165, 1.54) is 16.7 Å². The van der Waals surface area contributed by atoms with Crippen LogP contribution in [0.2, 0.25) is 0 Å². The summed E-state index contributed by atoms with van der Waals surface area (Å²) >= 11 is 1.29. The van der Waals surface area contributed by atoms with Gasteiger partial charge in [-0.1, -0.05) is 49.7 Å². The molecule has 8 nitrogen and oxygen atoms in total. The largest absolute Gasteiger partial charge is 0.336 e. The second-order valence-electron chi connectivity index (χ2n) is 6.78. The fourth-order valence-electron chi connectivity index (χ4n) is 3.24. The van der Waals surface area contributed by atoms with Gasteiger partial charge in [-0.15, -0.1) is 0 Å². The number of amides is 4. The maximum atomic E-state index is 12.4. The number of thioether (sulfide) groups is 1. The summed E-state index contributed by atoms with van der Waals surface area (Å²) in [6, 6.07) is 8.26. The third-order valence-electron chi connectivity index (χ3n) is 4.71. The summed E-state index contributed by atoms with van der Waals surface area (Å²) in [6.07, 6.45) is 2.46. The van der Waals surface area contributed by atoms with Crippen molar-refractivity contribution in [3.05, 3.63) is 30.3 Å². The van der Waals surface area contributed by atoms with Crippen molar-refractivity contribution in [3.8, 4) is 0 Å². The number of unbranched alkanes of at least 4 members (excludes halogenated alkanes) is 2. The zero-order valence-electron chi connectivity index (χ0n) is 16.1. The van der Waals surface area contributed by atoms with Gasteiger partial charge in [0.1, 0.15) is 0 Å². The summed E-state index contributed by atoms with van der Waals surface area (Å²) in [4.78, 5) is 44.6. The van der Waals surface area contributed by atoms with Crippen LogP contribution in [0.4, 0.5) is 10.5 Å². The molecule has 0 aromatic heterocycles. The lowest BCUT2D eigenvalue weighted by Crippen LogP contribution is -2.63. The molecule has 0 saturated carbocycles. The molecule has 0 spiro atoms. The number of rotatable bonds is 7. The number of likely N-dealkylation sites (N-methyl/N-ethyl adjacent to an activating group) is 1. The first-order chi connectivity index (χ1) is 13.5. The second-order valence-corrected chi connectivity index (χ2v) is 7.72. The highest BCUT2D eigenvalue weighted by molar-refractivity contribution is 8.14. The summed E-state index contributed by atoms with van der Waals surface area (Å²) in [5, 5.41) is 5.86.